The Bertz CT molecular complexity index is 1510. The van der Waals surface area contributed by atoms with Gasteiger partial charge in [0.2, 0.25) is 17.8 Å². The first-order chi connectivity index (χ1) is 19.4. The molecule has 0 saturated carbocycles. The molecular weight excluding hydrogens is 562 g/mol. The minimum atomic E-state index is -1.44. The van der Waals surface area contributed by atoms with Crippen molar-refractivity contribution < 1.29 is 52.0 Å². The summed E-state index contributed by atoms with van der Waals surface area (Å²) in [6.45, 7) is 5.79. The number of benzene rings is 1. The van der Waals surface area contributed by atoms with E-state index < -0.39 is 61.2 Å². The SMILES string of the molecule is CC(=O)OC[C@@H]1O[C@H](Oc2ccc3c(=O)c(-c4cscn4)c(C)oc3c2)[C@@H](OC(C)=O)[C@H](OC(C)=O)[C@@H]1OC(C)=O. The molecule has 2 aromatic heterocycles. The van der Waals surface area contributed by atoms with Crippen LogP contribution < -0.4 is 10.2 Å². The van der Waals surface area contributed by atoms with Crippen molar-refractivity contribution in [3.8, 4) is 17.0 Å². The lowest BCUT2D eigenvalue weighted by Gasteiger charge is -2.43. The van der Waals surface area contributed by atoms with Gasteiger partial charge in [-0.05, 0) is 19.1 Å². The highest BCUT2D eigenvalue weighted by molar-refractivity contribution is 7.07. The largest absolute Gasteiger partial charge is 0.463 e. The van der Waals surface area contributed by atoms with Gasteiger partial charge in [0.1, 0.15) is 29.8 Å². The first kappa shape index (κ1) is 29.7. The van der Waals surface area contributed by atoms with Crippen LogP contribution in [-0.2, 0) is 42.9 Å². The van der Waals surface area contributed by atoms with Crippen LogP contribution in [0.1, 0.15) is 33.5 Å². The average Bonchev–Trinajstić information content (AvgIpc) is 3.40. The van der Waals surface area contributed by atoms with Crippen molar-refractivity contribution in [3.05, 3.63) is 45.1 Å². The summed E-state index contributed by atoms with van der Waals surface area (Å²) < 4.78 is 39.1. The van der Waals surface area contributed by atoms with E-state index in [4.69, 9.17) is 32.8 Å². The number of carbonyl (C=O) groups is 4. The number of ether oxygens (including phenoxy) is 6. The number of hydrogen-bond acceptors (Lipinski definition) is 14. The van der Waals surface area contributed by atoms with Crippen molar-refractivity contribution in [2.75, 3.05) is 6.61 Å². The smallest absolute Gasteiger partial charge is 0.303 e. The van der Waals surface area contributed by atoms with Crippen LogP contribution in [-0.4, -0.2) is 66.2 Å². The third kappa shape index (κ3) is 6.89. The molecule has 0 unspecified atom stereocenters. The topological polar surface area (TPSA) is 167 Å². The maximum Gasteiger partial charge on any atom is 0.303 e. The minimum Gasteiger partial charge on any atom is -0.463 e. The fourth-order valence-corrected chi connectivity index (χ4v) is 4.95. The number of carbonyl (C=O) groups excluding carboxylic acids is 4. The summed E-state index contributed by atoms with van der Waals surface area (Å²) >= 11 is 1.35. The van der Waals surface area contributed by atoms with Crippen LogP contribution in [0.25, 0.3) is 22.2 Å². The third-order valence-electron chi connectivity index (χ3n) is 5.93. The van der Waals surface area contributed by atoms with Crippen molar-refractivity contribution in [2.24, 2.45) is 0 Å². The maximum absolute atomic E-state index is 13.2. The summed E-state index contributed by atoms with van der Waals surface area (Å²) in [5, 5.41) is 2.01. The van der Waals surface area contributed by atoms with Gasteiger partial charge in [0.05, 0.1) is 22.2 Å². The van der Waals surface area contributed by atoms with Gasteiger partial charge in [-0.1, -0.05) is 0 Å². The van der Waals surface area contributed by atoms with Gasteiger partial charge in [0.25, 0.3) is 0 Å². The summed E-state index contributed by atoms with van der Waals surface area (Å²) in [4.78, 5) is 64.9. The number of aryl methyl sites for hydroxylation is 1. The predicted molar refractivity (Wildman–Crippen MR) is 141 cm³/mol. The van der Waals surface area contributed by atoms with E-state index in [1.807, 2.05) is 0 Å². The Balaban J connectivity index is 1.73. The van der Waals surface area contributed by atoms with Gasteiger partial charge in [-0.15, -0.1) is 11.3 Å². The second kappa shape index (κ2) is 12.5. The number of thiazole rings is 1. The molecule has 0 amide bonds. The highest BCUT2D eigenvalue weighted by Crippen LogP contribution is 2.32. The molecule has 0 N–H and O–H groups in total. The first-order valence-electron chi connectivity index (χ1n) is 12.4. The zero-order valence-corrected chi connectivity index (χ0v) is 23.6. The third-order valence-corrected chi connectivity index (χ3v) is 6.52. The van der Waals surface area contributed by atoms with Crippen LogP contribution in [0.3, 0.4) is 0 Å². The Morgan fingerprint density at radius 2 is 1.59 bits per heavy atom. The molecule has 218 valence electrons. The van der Waals surface area contributed by atoms with Crippen LogP contribution >= 0.6 is 11.3 Å². The molecule has 0 radical (unpaired) electrons. The van der Waals surface area contributed by atoms with E-state index in [1.54, 1.807) is 17.8 Å². The number of hydrogen-bond donors (Lipinski definition) is 0. The van der Waals surface area contributed by atoms with Crippen molar-refractivity contribution >= 4 is 46.2 Å². The van der Waals surface area contributed by atoms with Crippen LogP contribution in [0.15, 0.2) is 38.3 Å². The summed E-state index contributed by atoms with van der Waals surface area (Å²) in [6.07, 6.45) is -6.73. The van der Waals surface area contributed by atoms with E-state index in [0.29, 0.717) is 17.0 Å². The van der Waals surface area contributed by atoms with Gasteiger partial charge in [0.15, 0.2) is 12.2 Å². The monoisotopic (exact) mass is 589 g/mol. The molecule has 0 spiro atoms. The van der Waals surface area contributed by atoms with Gasteiger partial charge in [-0.25, -0.2) is 4.98 Å². The highest BCUT2D eigenvalue weighted by atomic mass is 32.1. The molecule has 0 bridgehead atoms. The van der Waals surface area contributed by atoms with Crippen molar-refractivity contribution in [3.63, 3.8) is 0 Å². The maximum atomic E-state index is 13.2. The lowest BCUT2D eigenvalue weighted by atomic mass is 9.98. The van der Waals surface area contributed by atoms with Gasteiger partial charge >= 0.3 is 23.9 Å². The van der Waals surface area contributed by atoms with E-state index >= 15 is 0 Å². The van der Waals surface area contributed by atoms with Crippen LogP contribution in [0.5, 0.6) is 5.75 Å². The van der Waals surface area contributed by atoms with E-state index in [-0.39, 0.29) is 22.1 Å². The van der Waals surface area contributed by atoms with E-state index in [9.17, 15) is 24.0 Å². The summed E-state index contributed by atoms with van der Waals surface area (Å²) in [7, 11) is 0. The summed E-state index contributed by atoms with van der Waals surface area (Å²) in [6, 6.07) is 4.42. The quantitative estimate of drug-likeness (QED) is 0.278. The Kier molecular flexibility index (Phi) is 9.03. The number of rotatable bonds is 8. The zero-order valence-electron chi connectivity index (χ0n) is 22.7. The lowest BCUT2D eigenvalue weighted by molar-refractivity contribution is -0.288. The molecule has 3 aromatic rings. The Labute approximate surface area is 237 Å². The van der Waals surface area contributed by atoms with Gasteiger partial charge in [-0.2, -0.15) is 0 Å². The molecule has 1 saturated heterocycles. The van der Waals surface area contributed by atoms with E-state index in [1.165, 1.54) is 36.5 Å². The lowest BCUT2D eigenvalue weighted by Crippen LogP contribution is -2.63. The van der Waals surface area contributed by atoms with E-state index in [0.717, 1.165) is 20.8 Å². The van der Waals surface area contributed by atoms with Crippen LogP contribution in [0.4, 0.5) is 0 Å². The number of aromatic nitrogens is 1. The molecule has 14 heteroatoms. The second-order valence-electron chi connectivity index (χ2n) is 9.08. The standard InChI is InChI=1S/C27H27NO12S/c1-12-22(19-10-41-11-28-19)23(33)18-7-6-17(8-20(18)35-12)39-27-26(38-16(5)32)25(37-15(4)31)24(36-14(3)30)21(40-27)9-34-13(2)29/h6-8,10-11,21,24-27H,9H2,1-5H3/t21-,24+,25+,26-,27-/m0/s1. The molecule has 5 atom stereocenters. The van der Waals surface area contributed by atoms with E-state index in [2.05, 4.69) is 4.98 Å². The van der Waals surface area contributed by atoms with Gasteiger partial charge in [-0.3, -0.25) is 24.0 Å². The van der Waals surface area contributed by atoms with Crippen molar-refractivity contribution in [1.82, 2.24) is 4.98 Å². The molecule has 1 aromatic carbocycles. The predicted octanol–water partition coefficient (Wildman–Crippen LogP) is 2.69. The molecule has 0 aliphatic carbocycles. The first-order valence-corrected chi connectivity index (χ1v) is 13.3. The number of esters is 4. The fraction of sp³-hybridized carbons (Fsp3) is 0.407. The molecule has 1 aliphatic heterocycles. The fourth-order valence-electron chi connectivity index (χ4n) is 4.41. The highest BCUT2D eigenvalue weighted by Gasteiger charge is 2.53. The number of nitrogens with zero attached hydrogens (tertiary/aromatic N) is 1. The molecule has 1 aliphatic rings. The molecule has 4 rings (SSSR count). The summed E-state index contributed by atoms with van der Waals surface area (Å²) in [5.74, 6) is -2.44. The Hall–Kier alpha value is -4.30. The number of fused-ring (bicyclic) bond motifs is 1. The van der Waals surface area contributed by atoms with Crippen molar-refractivity contribution in [1.29, 1.82) is 0 Å². The second-order valence-corrected chi connectivity index (χ2v) is 9.80. The molecule has 3 heterocycles. The molecule has 13 nitrogen and oxygen atoms in total. The minimum absolute atomic E-state index is 0.141. The molecular formula is C27H27NO12S. The van der Waals surface area contributed by atoms with Crippen LogP contribution in [0, 0.1) is 6.92 Å². The normalized spacial score (nSPS) is 22.0. The molecule has 1 fully saturated rings. The van der Waals surface area contributed by atoms with Crippen LogP contribution in [0.2, 0.25) is 0 Å². The molecule has 41 heavy (non-hydrogen) atoms. The Morgan fingerprint density at radius 3 is 2.20 bits per heavy atom. The van der Waals surface area contributed by atoms with Gasteiger partial charge < -0.3 is 32.8 Å². The van der Waals surface area contributed by atoms with Crippen molar-refractivity contribution in [2.45, 2.75) is 65.3 Å². The Morgan fingerprint density at radius 1 is 0.927 bits per heavy atom. The average molecular weight is 590 g/mol. The zero-order chi connectivity index (χ0) is 29.8. The van der Waals surface area contributed by atoms with Gasteiger partial charge in [0, 0.05) is 39.1 Å². The summed E-state index contributed by atoms with van der Waals surface area (Å²) in [5.41, 5.74) is 2.37.